The van der Waals surface area contributed by atoms with Crippen molar-refractivity contribution >= 4 is 73.8 Å². The van der Waals surface area contributed by atoms with Gasteiger partial charge < -0.3 is 37.2 Å². The zero-order valence-corrected chi connectivity index (χ0v) is 21.1. The first-order valence-corrected chi connectivity index (χ1v) is 9.36. The van der Waals surface area contributed by atoms with Gasteiger partial charge in [-0.25, -0.2) is 0 Å². The highest BCUT2D eigenvalue weighted by Crippen LogP contribution is 1.96. The van der Waals surface area contributed by atoms with Gasteiger partial charge in [0.1, 0.15) is 0 Å². The van der Waals surface area contributed by atoms with Crippen molar-refractivity contribution in [3.8, 4) is 0 Å². The van der Waals surface area contributed by atoms with Crippen molar-refractivity contribution in [2.24, 2.45) is 11.8 Å². The summed E-state index contributed by atoms with van der Waals surface area (Å²) in [6.07, 6.45) is 0. The zero-order chi connectivity index (χ0) is 17.7. The lowest BCUT2D eigenvalue weighted by atomic mass is 10.1. The summed E-state index contributed by atoms with van der Waals surface area (Å²) in [5, 5.41) is 22.1. The van der Waals surface area contributed by atoms with Crippen LogP contribution in [0.3, 0.4) is 0 Å². The highest BCUT2D eigenvalue weighted by molar-refractivity contribution is 5.86. The molecule has 2 amide bonds. The van der Waals surface area contributed by atoms with E-state index >= 15 is 0 Å². The van der Waals surface area contributed by atoms with E-state index in [0.717, 1.165) is 52.4 Å². The van der Waals surface area contributed by atoms with Gasteiger partial charge in [0.2, 0.25) is 11.8 Å². The van der Waals surface area contributed by atoms with Crippen LogP contribution in [0, 0.1) is 11.8 Å². The van der Waals surface area contributed by atoms with Gasteiger partial charge in [0.25, 0.3) is 0 Å². The Hall–Kier alpha value is 0.190. The van der Waals surface area contributed by atoms with E-state index in [9.17, 15) is 9.59 Å². The van der Waals surface area contributed by atoms with Crippen LogP contribution in [-0.4, -0.2) is 90.4 Å². The SMILES string of the molecule is Cl.Cl.Cl.Cl.Cl.O=C(NCCNCCNC(=O)C1CNCCNC1)C1CNCCNC1. The lowest BCUT2D eigenvalue weighted by molar-refractivity contribution is -0.125. The van der Waals surface area contributed by atoms with Gasteiger partial charge >= 0.3 is 0 Å². The molecule has 0 radical (unpaired) electrons. The van der Waals surface area contributed by atoms with Crippen molar-refractivity contribution < 1.29 is 9.59 Å². The summed E-state index contributed by atoms with van der Waals surface area (Å²) in [7, 11) is 0. The molecule has 2 aliphatic rings. The molecule has 2 rings (SSSR count). The van der Waals surface area contributed by atoms with Crippen LogP contribution in [0.25, 0.3) is 0 Å². The fourth-order valence-electron chi connectivity index (χ4n) is 2.94. The van der Waals surface area contributed by atoms with Gasteiger partial charge in [-0.1, -0.05) is 0 Å². The fourth-order valence-corrected chi connectivity index (χ4v) is 2.94. The first-order valence-electron chi connectivity index (χ1n) is 9.36. The van der Waals surface area contributed by atoms with Crippen molar-refractivity contribution in [3.63, 3.8) is 0 Å². The number of halogens is 5. The molecule has 0 saturated carbocycles. The monoisotopic (exact) mass is 535 g/mol. The van der Waals surface area contributed by atoms with E-state index in [1.54, 1.807) is 0 Å². The van der Waals surface area contributed by atoms with E-state index in [2.05, 4.69) is 37.2 Å². The van der Waals surface area contributed by atoms with Crippen molar-refractivity contribution in [2.75, 3.05) is 78.5 Å². The van der Waals surface area contributed by atoms with Gasteiger partial charge in [0.15, 0.2) is 0 Å². The summed E-state index contributed by atoms with van der Waals surface area (Å²) in [4.78, 5) is 24.1. The molecule has 2 heterocycles. The van der Waals surface area contributed by atoms with Crippen molar-refractivity contribution in [2.45, 2.75) is 0 Å². The molecular weight excluding hydrogens is 499 g/mol. The summed E-state index contributed by atoms with van der Waals surface area (Å²) >= 11 is 0. The summed E-state index contributed by atoms with van der Waals surface area (Å²) in [6, 6.07) is 0. The minimum Gasteiger partial charge on any atom is -0.355 e. The van der Waals surface area contributed by atoms with Gasteiger partial charge in [-0.2, -0.15) is 0 Å². The Morgan fingerprint density at radius 2 is 0.867 bits per heavy atom. The van der Waals surface area contributed by atoms with Crippen LogP contribution >= 0.6 is 62.0 Å². The van der Waals surface area contributed by atoms with Crippen molar-refractivity contribution in [3.05, 3.63) is 0 Å². The van der Waals surface area contributed by atoms with Gasteiger partial charge in [-0.05, 0) is 0 Å². The number of rotatable bonds is 8. The highest BCUT2D eigenvalue weighted by atomic mass is 35.5. The smallest absolute Gasteiger partial charge is 0.225 e. The normalized spacial score (nSPS) is 17.1. The zero-order valence-electron chi connectivity index (χ0n) is 17.0. The van der Waals surface area contributed by atoms with Gasteiger partial charge in [0, 0.05) is 78.5 Å². The number of hydrogen-bond donors (Lipinski definition) is 7. The molecule has 2 aliphatic heterocycles. The quantitative estimate of drug-likeness (QED) is 0.189. The lowest BCUT2D eigenvalue weighted by Gasteiger charge is -2.15. The molecular formula is C16H38Cl5N7O2. The first-order chi connectivity index (χ1) is 12.3. The maximum Gasteiger partial charge on any atom is 0.225 e. The maximum atomic E-state index is 12.0. The van der Waals surface area contributed by atoms with Crippen molar-refractivity contribution in [1.82, 2.24) is 37.2 Å². The minimum absolute atomic E-state index is 0. The molecule has 0 aromatic heterocycles. The van der Waals surface area contributed by atoms with Gasteiger partial charge in [0.05, 0.1) is 11.8 Å². The van der Waals surface area contributed by atoms with E-state index in [0.29, 0.717) is 26.2 Å². The Morgan fingerprint density at radius 1 is 0.567 bits per heavy atom. The largest absolute Gasteiger partial charge is 0.355 e. The van der Waals surface area contributed by atoms with E-state index in [-0.39, 0.29) is 85.7 Å². The Labute approximate surface area is 210 Å². The third-order valence-electron chi connectivity index (χ3n) is 4.46. The second-order valence-electron chi connectivity index (χ2n) is 6.54. The maximum absolute atomic E-state index is 12.0. The first kappa shape index (κ1) is 37.5. The molecule has 14 heteroatoms. The second-order valence-corrected chi connectivity index (χ2v) is 6.54. The van der Waals surface area contributed by atoms with Crippen LogP contribution in [-0.2, 0) is 9.59 Å². The second kappa shape index (κ2) is 23.8. The van der Waals surface area contributed by atoms with E-state index < -0.39 is 0 Å². The standard InChI is InChI=1S/C16H33N7O2.5ClH/c24-15(13-9-18-1-2-19-10-13)22-7-5-17-6-8-23-16(25)14-11-20-3-4-21-12-14;;;;;/h13-14,17-21H,1-12H2,(H,22,24)(H,23,25);5*1H. The van der Waals surface area contributed by atoms with E-state index in [1.165, 1.54) is 0 Å². The summed E-state index contributed by atoms with van der Waals surface area (Å²) < 4.78 is 0. The van der Waals surface area contributed by atoms with E-state index in [1.807, 2.05) is 0 Å². The third kappa shape index (κ3) is 15.9. The predicted molar refractivity (Wildman–Crippen MR) is 134 cm³/mol. The van der Waals surface area contributed by atoms with Crippen LogP contribution in [0.5, 0.6) is 0 Å². The summed E-state index contributed by atoms with van der Waals surface area (Å²) in [5.74, 6) is 0.155. The molecule has 2 fully saturated rings. The minimum atomic E-state index is -0.0106. The van der Waals surface area contributed by atoms with Crippen molar-refractivity contribution in [1.29, 1.82) is 0 Å². The number of hydrogen-bond acceptors (Lipinski definition) is 7. The van der Waals surface area contributed by atoms with Gasteiger partial charge in [-0.15, -0.1) is 62.0 Å². The molecule has 0 aliphatic carbocycles. The van der Waals surface area contributed by atoms with Crippen LogP contribution in [0.2, 0.25) is 0 Å². The molecule has 0 unspecified atom stereocenters. The lowest BCUT2D eigenvalue weighted by Crippen LogP contribution is -2.43. The van der Waals surface area contributed by atoms with Crippen LogP contribution in [0.4, 0.5) is 0 Å². The molecule has 7 N–H and O–H groups in total. The average molecular weight is 538 g/mol. The number of carbonyl (C=O) groups excluding carboxylic acids is 2. The van der Waals surface area contributed by atoms with Gasteiger partial charge in [-0.3, -0.25) is 9.59 Å². The molecule has 0 bridgehead atoms. The van der Waals surface area contributed by atoms with Crippen LogP contribution in [0.1, 0.15) is 0 Å². The number of carbonyl (C=O) groups is 2. The number of nitrogens with one attached hydrogen (secondary N) is 7. The van der Waals surface area contributed by atoms with Crippen LogP contribution < -0.4 is 37.2 Å². The molecule has 0 aromatic rings. The average Bonchev–Trinajstić information content (AvgIpc) is 3.05. The Bertz CT molecular complexity index is 375. The summed E-state index contributed by atoms with van der Waals surface area (Å²) in [5.41, 5.74) is 0. The Balaban J connectivity index is -0.000000676. The molecule has 2 saturated heterocycles. The molecule has 0 aromatic carbocycles. The number of amides is 2. The van der Waals surface area contributed by atoms with E-state index in [4.69, 9.17) is 0 Å². The Morgan fingerprint density at radius 3 is 1.17 bits per heavy atom. The third-order valence-corrected chi connectivity index (χ3v) is 4.46. The molecule has 30 heavy (non-hydrogen) atoms. The summed E-state index contributed by atoms with van der Waals surface area (Å²) in [6.45, 7) is 9.11. The molecule has 0 atom stereocenters. The predicted octanol–water partition coefficient (Wildman–Crippen LogP) is -1.46. The highest BCUT2D eigenvalue weighted by Gasteiger charge is 2.19. The fraction of sp³-hybridized carbons (Fsp3) is 0.875. The topological polar surface area (TPSA) is 118 Å². The van der Waals surface area contributed by atoms with Crippen LogP contribution in [0.15, 0.2) is 0 Å². The Kier molecular flexibility index (Phi) is 29.8. The molecule has 9 nitrogen and oxygen atoms in total. The molecule has 0 spiro atoms. The molecule has 184 valence electrons.